The summed E-state index contributed by atoms with van der Waals surface area (Å²) in [5.41, 5.74) is 1.77. The average Bonchev–Trinajstić information content (AvgIpc) is 2.60. The first-order valence-electron chi connectivity index (χ1n) is 4.48. The number of H-pyrrole nitrogens is 1. The Hall–Kier alpha value is -1.20. The number of aliphatic carboxylic acids is 1. The third-order valence-electron chi connectivity index (χ3n) is 2.19. The van der Waals surface area contributed by atoms with Crippen molar-refractivity contribution in [2.45, 2.75) is 0 Å². The van der Waals surface area contributed by atoms with Gasteiger partial charge in [-0.3, -0.25) is 0 Å². The van der Waals surface area contributed by atoms with Gasteiger partial charge in [-0.15, -0.1) is 12.6 Å². The van der Waals surface area contributed by atoms with Crippen LogP contribution in [0.4, 0.5) is 0 Å². The molecule has 2 rings (SSSR count). The van der Waals surface area contributed by atoms with Crippen LogP contribution in [0.15, 0.2) is 33.8 Å². The first kappa shape index (κ1) is 11.3. The highest BCUT2D eigenvalue weighted by Crippen LogP contribution is 2.24. The molecule has 0 amide bonds. The summed E-state index contributed by atoms with van der Waals surface area (Å²) >= 11 is 7.27. The number of hydrogen-bond donors (Lipinski definition) is 3. The molecule has 0 radical (unpaired) electrons. The largest absolute Gasteiger partial charge is 0.477 e. The van der Waals surface area contributed by atoms with Crippen molar-refractivity contribution in [2.24, 2.45) is 0 Å². The monoisotopic (exact) mass is 297 g/mol. The Bertz CT molecular complexity index is 589. The fraction of sp³-hybridized carbons (Fsp3) is 0. The van der Waals surface area contributed by atoms with Crippen LogP contribution in [-0.4, -0.2) is 16.1 Å². The lowest BCUT2D eigenvalue weighted by Crippen LogP contribution is -1.92. The van der Waals surface area contributed by atoms with Gasteiger partial charge in [0.15, 0.2) is 0 Å². The van der Waals surface area contributed by atoms with Crippen LogP contribution in [0, 0.1) is 0 Å². The van der Waals surface area contributed by atoms with E-state index in [1.807, 2.05) is 18.2 Å². The zero-order chi connectivity index (χ0) is 11.7. The number of hydrogen-bond acceptors (Lipinski definition) is 2. The quantitative estimate of drug-likeness (QED) is 0.588. The molecule has 2 aromatic rings. The Morgan fingerprint density at radius 3 is 2.94 bits per heavy atom. The predicted molar refractivity (Wildman–Crippen MR) is 70.6 cm³/mol. The summed E-state index contributed by atoms with van der Waals surface area (Å²) in [5.74, 6) is -1.03. The summed E-state index contributed by atoms with van der Waals surface area (Å²) in [7, 11) is 0. The summed E-state index contributed by atoms with van der Waals surface area (Å²) in [6, 6.07) is 5.77. The minimum Gasteiger partial charge on any atom is -0.477 e. The maximum atomic E-state index is 10.7. The molecule has 0 spiro atoms. The van der Waals surface area contributed by atoms with Crippen LogP contribution >= 0.6 is 28.6 Å². The molecule has 1 aromatic heterocycles. The van der Waals surface area contributed by atoms with Crippen LogP contribution in [-0.2, 0) is 4.79 Å². The van der Waals surface area contributed by atoms with Crippen molar-refractivity contribution in [1.29, 1.82) is 0 Å². The van der Waals surface area contributed by atoms with Crippen LogP contribution in [0.3, 0.4) is 0 Å². The molecular weight excluding hydrogens is 290 g/mol. The molecule has 0 atom stereocenters. The Labute approximate surface area is 106 Å². The Morgan fingerprint density at radius 2 is 2.25 bits per heavy atom. The lowest BCUT2D eigenvalue weighted by molar-refractivity contribution is -0.131. The van der Waals surface area contributed by atoms with E-state index in [9.17, 15) is 4.79 Å². The molecule has 0 saturated heterocycles. The second-order valence-corrected chi connectivity index (χ2v) is 4.67. The topological polar surface area (TPSA) is 53.1 Å². The van der Waals surface area contributed by atoms with Crippen molar-refractivity contribution >= 4 is 51.5 Å². The summed E-state index contributed by atoms with van der Waals surface area (Å²) in [4.78, 5) is 13.7. The normalized spacial score (nSPS) is 12.0. The first-order valence-corrected chi connectivity index (χ1v) is 5.72. The van der Waals surface area contributed by atoms with Crippen LogP contribution in [0.25, 0.3) is 17.0 Å². The molecule has 1 aromatic carbocycles. The molecule has 1 heterocycles. The molecule has 0 fully saturated rings. The molecule has 0 aliphatic carbocycles. The van der Waals surface area contributed by atoms with Crippen molar-refractivity contribution in [1.82, 2.24) is 4.98 Å². The first-order chi connectivity index (χ1) is 7.58. The predicted octanol–water partition coefficient (Wildman–Crippen LogP) is 3.29. The highest BCUT2D eigenvalue weighted by atomic mass is 79.9. The summed E-state index contributed by atoms with van der Waals surface area (Å²) in [6.45, 7) is 0. The van der Waals surface area contributed by atoms with E-state index in [0.717, 1.165) is 20.9 Å². The Balaban J connectivity index is 2.55. The van der Waals surface area contributed by atoms with Gasteiger partial charge in [0.1, 0.15) is 0 Å². The zero-order valence-corrected chi connectivity index (χ0v) is 10.5. The molecule has 2 N–H and O–H groups in total. The molecule has 0 aliphatic heterocycles. The lowest BCUT2D eigenvalue weighted by atomic mass is 10.1. The van der Waals surface area contributed by atoms with Gasteiger partial charge in [0.25, 0.3) is 0 Å². The fourth-order valence-electron chi connectivity index (χ4n) is 1.45. The number of aromatic amines is 1. The number of carboxylic acids is 1. The average molecular weight is 298 g/mol. The number of rotatable bonds is 2. The van der Waals surface area contributed by atoms with Crippen molar-refractivity contribution in [3.05, 3.63) is 39.3 Å². The molecule has 3 nitrogen and oxygen atoms in total. The molecule has 0 bridgehead atoms. The molecule has 16 heavy (non-hydrogen) atoms. The van der Waals surface area contributed by atoms with Gasteiger partial charge in [0, 0.05) is 27.1 Å². The van der Waals surface area contributed by atoms with Gasteiger partial charge in [-0.2, -0.15) is 0 Å². The second kappa shape index (κ2) is 4.35. The molecule has 0 unspecified atom stereocenters. The van der Waals surface area contributed by atoms with Gasteiger partial charge in [0.2, 0.25) is 0 Å². The molecule has 82 valence electrons. The van der Waals surface area contributed by atoms with Crippen LogP contribution in [0.1, 0.15) is 5.56 Å². The third kappa shape index (κ3) is 2.15. The van der Waals surface area contributed by atoms with E-state index in [2.05, 4.69) is 33.5 Å². The highest BCUT2D eigenvalue weighted by molar-refractivity contribution is 9.10. The van der Waals surface area contributed by atoms with Gasteiger partial charge in [-0.05, 0) is 18.2 Å². The van der Waals surface area contributed by atoms with E-state index < -0.39 is 5.97 Å². The van der Waals surface area contributed by atoms with Crippen LogP contribution in [0.5, 0.6) is 0 Å². The van der Waals surface area contributed by atoms with Gasteiger partial charge >= 0.3 is 5.97 Å². The van der Waals surface area contributed by atoms with Gasteiger partial charge in [-0.25, -0.2) is 4.79 Å². The summed E-state index contributed by atoms with van der Waals surface area (Å²) in [5, 5.41) is 9.70. The smallest absolute Gasteiger partial charge is 0.341 e. The number of nitrogens with one attached hydrogen (secondary N) is 1. The maximum Gasteiger partial charge on any atom is 0.341 e. The number of halogens is 1. The van der Waals surface area contributed by atoms with Gasteiger partial charge < -0.3 is 10.1 Å². The van der Waals surface area contributed by atoms with Crippen LogP contribution in [0.2, 0.25) is 0 Å². The van der Waals surface area contributed by atoms with Gasteiger partial charge in [0.05, 0.1) is 4.91 Å². The molecule has 0 saturated carbocycles. The SMILES string of the molecule is O=C(O)/C(S)=C/c1c[nH]c2cc(Br)ccc12. The van der Waals surface area contributed by atoms with Crippen molar-refractivity contribution in [3.8, 4) is 0 Å². The standard InChI is InChI=1S/C11H8BrNO2S/c12-7-1-2-8-6(3-10(16)11(14)15)5-13-9(8)4-7/h1-5,13,16H,(H,14,15)/b10-3-. The van der Waals surface area contributed by atoms with E-state index in [1.54, 1.807) is 6.20 Å². The number of thiol groups is 1. The number of aromatic nitrogens is 1. The third-order valence-corrected chi connectivity index (χ3v) is 3.00. The second-order valence-electron chi connectivity index (χ2n) is 3.27. The van der Waals surface area contributed by atoms with E-state index >= 15 is 0 Å². The fourth-order valence-corrected chi connectivity index (χ4v) is 1.95. The highest BCUT2D eigenvalue weighted by Gasteiger charge is 2.05. The van der Waals surface area contributed by atoms with Gasteiger partial charge in [-0.1, -0.05) is 22.0 Å². The van der Waals surface area contributed by atoms with Crippen molar-refractivity contribution < 1.29 is 9.90 Å². The van der Waals surface area contributed by atoms with E-state index in [0.29, 0.717) is 0 Å². The number of benzene rings is 1. The maximum absolute atomic E-state index is 10.7. The van der Waals surface area contributed by atoms with E-state index in [4.69, 9.17) is 5.11 Å². The van der Waals surface area contributed by atoms with Crippen molar-refractivity contribution in [3.63, 3.8) is 0 Å². The number of fused-ring (bicyclic) bond motifs is 1. The lowest BCUT2D eigenvalue weighted by Gasteiger charge is -1.94. The Kier molecular flexibility index (Phi) is 3.07. The van der Waals surface area contributed by atoms with E-state index in [-0.39, 0.29) is 4.91 Å². The minimum atomic E-state index is -1.03. The number of carboxylic acid groups (broad SMARTS) is 1. The molecule has 5 heteroatoms. The Morgan fingerprint density at radius 1 is 1.50 bits per heavy atom. The van der Waals surface area contributed by atoms with Crippen LogP contribution < -0.4 is 0 Å². The van der Waals surface area contributed by atoms with Crippen molar-refractivity contribution in [2.75, 3.05) is 0 Å². The minimum absolute atomic E-state index is 0.0174. The summed E-state index contributed by atoms with van der Waals surface area (Å²) < 4.78 is 0.974. The number of carbonyl (C=O) groups is 1. The molecular formula is C11H8BrNO2S. The van der Waals surface area contributed by atoms with E-state index in [1.165, 1.54) is 6.08 Å². The summed E-state index contributed by atoms with van der Waals surface area (Å²) in [6.07, 6.45) is 3.29. The molecule has 0 aliphatic rings. The zero-order valence-electron chi connectivity index (χ0n) is 8.07.